The molecule has 98 valence electrons. The van der Waals surface area contributed by atoms with Gasteiger partial charge in [0.2, 0.25) is 0 Å². The van der Waals surface area contributed by atoms with Gasteiger partial charge < -0.3 is 15.5 Å². The highest BCUT2D eigenvalue weighted by Crippen LogP contribution is 1.96. The molecule has 0 aromatic carbocycles. The van der Waals surface area contributed by atoms with Gasteiger partial charge in [-0.3, -0.25) is 0 Å². The van der Waals surface area contributed by atoms with Gasteiger partial charge in [0.1, 0.15) is 0 Å². The summed E-state index contributed by atoms with van der Waals surface area (Å²) in [7, 11) is 4.25. The normalized spacial score (nSPS) is 11.6. The van der Waals surface area contributed by atoms with E-state index in [2.05, 4.69) is 36.4 Å². The molecule has 3 nitrogen and oxygen atoms in total. The van der Waals surface area contributed by atoms with E-state index in [4.69, 9.17) is 0 Å². The van der Waals surface area contributed by atoms with E-state index >= 15 is 0 Å². The molecule has 0 saturated carbocycles. The van der Waals surface area contributed by atoms with Crippen LogP contribution < -0.4 is 10.6 Å². The molecular formula is C13H31N3. The first-order valence-electron chi connectivity index (χ1n) is 6.73. The predicted octanol–water partition coefficient (Wildman–Crippen LogP) is 1.70. The van der Waals surface area contributed by atoms with Crippen molar-refractivity contribution >= 4 is 0 Å². The maximum absolute atomic E-state index is 3.45. The maximum Gasteiger partial charge on any atom is 0.00103 e. The summed E-state index contributed by atoms with van der Waals surface area (Å²) in [5.41, 5.74) is 0. The van der Waals surface area contributed by atoms with E-state index in [9.17, 15) is 0 Å². The number of rotatable bonds is 11. The fourth-order valence-electron chi connectivity index (χ4n) is 1.69. The van der Waals surface area contributed by atoms with Crippen LogP contribution in [0.2, 0.25) is 0 Å². The minimum Gasteiger partial charge on any atom is -0.320 e. The first-order chi connectivity index (χ1) is 7.66. The average Bonchev–Trinajstić information content (AvgIpc) is 2.23. The molecule has 0 heterocycles. The number of nitrogens with zero attached hydrogens (tertiary/aromatic N) is 1. The summed E-state index contributed by atoms with van der Waals surface area (Å²) in [6.07, 6.45) is 5.19. The third-order valence-corrected chi connectivity index (χ3v) is 2.74. The van der Waals surface area contributed by atoms with Gasteiger partial charge in [0, 0.05) is 6.04 Å². The lowest BCUT2D eigenvalue weighted by molar-refractivity contribution is 0.316. The minimum absolute atomic E-state index is 0.624. The first-order valence-corrected chi connectivity index (χ1v) is 6.73. The molecule has 0 aliphatic rings. The predicted molar refractivity (Wildman–Crippen MR) is 73.0 cm³/mol. The Morgan fingerprint density at radius 1 is 0.938 bits per heavy atom. The van der Waals surface area contributed by atoms with E-state index in [0.717, 1.165) is 13.1 Å². The first kappa shape index (κ1) is 15.9. The largest absolute Gasteiger partial charge is 0.320 e. The maximum atomic E-state index is 3.45. The zero-order valence-corrected chi connectivity index (χ0v) is 11.7. The summed E-state index contributed by atoms with van der Waals surface area (Å²) in [5, 5.41) is 6.64. The van der Waals surface area contributed by atoms with E-state index in [0.29, 0.717) is 6.04 Å². The van der Waals surface area contributed by atoms with Crippen molar-refractivity contribution in [2.75, 3.05) is 40.3 Å². The lowest BCUT2D eigenvalue weighted by Gasteiger charge is -2.16. The smallest absolute Gasteiger partial charge is 0.00103 e. The van der Waals surface area contributed by atoms with Crippen LogP contribution >= 0.6 is 0 Å². The van der Waals surface area contributed by atoms with Crippen LogP contribution in [-0.2, 0) is 0 Å². The second-order valence-electron chi connectivity index (χ2n) is 4.93. The van der Waals surface area contributed by atoms with E-state index in [1.807, 2.05) is 7.05 Å². The third-order valence-electron chi connectivity index (χ3n) is 2.74. The van der Waals surface area contributed by atoms with Gasteiger partial charge in [0.05, 0.1) is 0 Å². The molecule has 0 aliphatic carbocycles. The van der Waals surface area contributed by atoms with Crippen molar-refractivity contribution in [1.29, 1.82) is 0 Å². The number of nitrogens with one attached hydrogen (secondary N) is 2. The Bertz CT molecular complexity index is 137. The summed E-state index contributed by atoms with van der Waals surface area (Å²) in [6, 6.07) is 0.624. The Morgan fingerprint density at radius 2 is 1.50 bits per heavy atom. The molecule has 0 aliphatic heterocycles. The van der Waals surface area contributed by atoms with Gasteiger partial charge in [0.25, 0.3) is 0 Å². The van der Waals surface area contributed by atoms with Crippen LogP contribution in [0, 0.1) is 0 Å². The van der Waals surface area contributed by atoms with Crippen LogP contribution in [0.3, 0.4) is 0 Å². The zero-order valence-electron chi connectivity index (χ0n) is 11.7. The van der Waals surface area contributed by atoms with Crippen molar-refractivity contribution in [2.45, 2.75) is 45.6 Å². The van der Waals surface area contributed by atoms with Crippen molar-refractivity contribution < 1.29 is 0 Å². The molecule has 0 aromatic heterocycles. The van der Waals surface area contributed by atoms with E-state index in [-0.39, 0.29) is 0 Å². The van der Waals surface area contributed by atoms with Gasteiger partial charge >= 0.3 is 0 Å². The Morgan fingerprint density at radius 3 is 2.00 bits per heavy atom. The Kier molecular flexibility index (Phi) is 11.3. The van der Waals surface area contributed by atoms with Crippen LogP contribution in [-0.4, -0.2) is 51.2 Å². The summed E-state index contributed by atoms with van der Waals surface area (Å²) in [5.74, 6) is 0. The summed E-state index contributed by atoms with van der Waals surface area (Å²) < 4.78 is 0. The number of unbranched alkanes of at least 4 members (excludes halogenated alkanes) is 2. The van der Waals surface area contributed by atoms with Gasteiger partial charge in [-0.15, -0.1) is 0 Å². The van der Waals surface area contributed by atoms with Gasteiger partial charge in [-0.25, -0.2) is 0 Å². The molecule has 0 radical (unpaired) electrons. The molecular weight excluding hydrogens is 198 g/mol. The molecule has 0 aromatic rings. The van der Waals surface area contributed by atoms with Gasteiger partial charge in [-0.1, -0.05) is 13.8 Å². The summed E-state index contributed by atoms with van der Waals surface area (Å²) >= 11 is 0. The number of hydrogen-bond acceptors (Lipinski definition) is 3. The molecule has 0 saturated heterocycles. The second kappa shape index (κ2) is 11.4. The molecule has 0 unspecified atom stereocenters. The molecule has 2 N–H and O–H groups in total. The van der Waals surface area contributed by atoms with E-state index in [1.54, 1.807) is 0 Å². The molecule has 0 bridgehead atoms. The van der Waals surface area contributed by atoms with Gasteiger partial charge in [-0.2, -0.15) is 0 Å². The van der Waals surface area contributed by atoms with Crippen LogP contribution in [0.25, 0.3) is 0 Å². The van der Waals surface area contributed by atoms with E-state index < -0.39 is 0 Å². The molecule has 0 amide bonds. The highest BCUT2D eigenvalue weighted by atomic mass is 15.1. The van der Waals surface area contributed by atoms with Crippen molar-refractivity contribution in [3.63, 3.8) is 0 Å². The fourth-order valence-corrected chi connectivity index (χ4v) is 1.69. The quantitative estimate of drug-likeness (QED) is 0.528. The molecule has 0 spiro atoms. The standard InChI is InChI=1S/C13H31N3/c1-13(2)15-10-6-8-12-16(4)11-7-5-9-14-3/h13-15H,5-12H2,1-4H3. The van der Waals surface area contributed by atoms with Crippen molar-refractivity contribution in [3.05, 3.63) is 0 Å². The summed E-state index contributed by atoms with van der Waals surface area (Å²) in [4.78, 5) is 2.45. The Labute approximate surface area is 102 Å². The third kappa shape index (κ3) is 12.0. The fraction of sp³-hybridized carbons (Fsp3) is 1.00. The Hall–Kier alpha value is -0.120. The number of hydrogen-bond donors (Lipinski definition) is 2. The lowest BCUT2D eigenvalue weighted by Crippen LogP contribution is -2.26. The highest BCUT2D eigenvalue weighted by molar-refractivity contribution is 4.56. The van der Waals surface area contributed by atoms with Crippen LogP contribution in [0.4, 0.5) is 0 Å². The Balaban J connectivity index is 3.14. The second-order valence-corrected chi connectivity index (χ2v) is 4.93. The summed E-state index contributed by atoms with van der Waals surface area (Å²) in [6.45, 7) is 9.18. The van der Waals surface area contributed by atoms with Gasteiger partial charge in [-0.05, 0) is 66.0 Å². The topological polar surface area (TPSA) is 27.3 Å². The van der Waals surface area contributed by atoms with Crippen molar-refractivity contribution in [2.24, 2.45) is 0 Å². The van der Waals surface area contributed by atoms with Crippen LogP contribution in [0.15, 0.2) is 0 Å². The molecule has 3 heteroatoms. The molecule has 0 fully saturated rings. The highest BCUT2D eigenvalue weighted by Gasteiger charge is 1.98. The van der Waals surface area contributed by atoms with Crippen molar-refractivity contribution in [3.8, 4) is 0 Å². The average molecular weight is 229 g/mol. The van der Waals surface area contributed by atoms with Crippen LogP contribution in [0.5, 0.6) is 0 Å². The van der Waals surface area contributed by atoms with Crippen LogP contribution in [0.1, 0.15) is 39.5 Å². The minimum atomic E-state index is 0.624. The molecule has 0 atom stereocenters. The SMILES string of the molecule is CNCCCCN(C)CCCCNC(C)C. The molecule has 0 rings (SSSR count). The zero-order chi connectivity index (χ0) is 12.2. The molecule has 16 heavy (non-hydrogen) atoms. The van der Waals surface area contributed by atoms with E-state index in [1.165, 1.54) is 38.8 Å². The van der Waals surface area contributed by atoms with Gasteiger partial charge in [0.15, 0.2) is 0 Å². The van der Waals surface area contributed by atoms with Crippen molar-refractivity contribution in [1.82, 2.24) is 15.5 Å². The lowest BCUT2D eigenvalue weighted by atomic mass is 10.2. The monoisotopic (exact) mass is 229 g/mol.